The number of alkyl halides is 1. The lowest BCUT2D eigenvalue weighted by molar-refractivity contribution is -0.158. The van der Waals surface area contributed by atoms with Crippen molar-refractivity contribution in [2.24, 2.45) is 5.73 Å². The van der Waals surface area contributed by atoms with Crippen LogP contribution in [0.3, 0.4) is 0 Å². The normalized spacial score (nSPS) is 13.5. The molecule has 2 aromatic carbocycles. The summed E-state index contributed by atoms with van der Waals surface area (Å²) in [6, 6.07) is 12.8. The summed E-state index contributed by atoms with van der Waals surface area (Å²) < 4.78 is 5.62. The van der Waals surface area contributed by atoms with Crippen LogP contribution in [0.4, 0.5) is 10.5 Å². The number of anilines is 1. The Morgan fingerprint density at radius 1 is 0.793 bits per heavy atom. The van der Waals surface area contributed by atoms with Crippen LogP contribution < -0.4 is 27.0 Å². The van der Waals surface area contributed by atoms with Crippen molar-refractivity contribution in [1.82, 2.24) is 30.7 Å². The second kappa shape index (κ2) is 25.4. The number of carbonyl (C=O) groups excluding carboxylic acids is 8. The van der Waals surface area contributed by atoms with Gasteiger partial charge in [0.05, 0.1) is 25.8 Å². The van der Waals surface area contributed by atoms with E-state index in [1.54, 1.807) is 36.4 Å². The lowest BCUT2D eigenvalue weighted by Gasteiger charge is -2.42. The van der Waals surface area contributed by atoms with Crippen molar-refractivity contribution < 1.29 is 43.1 Å². The number of benzene rings is 2. The number of halogens is 1. The molecule has 3 rings (SSSR count). The number of nitrogens with zero attached hydrogens (tertiary/aromatic N) is 3. The quantitative estimate of drug-likeness (QED) is 0.0502. The van der Waals surface area contributed by atoms with Crippen LogP contribution in [0.15, 0.2) is 54.6 Å². The van der Waals surface area contributed by atoms with E-state index < -0.39 is 41.8 Å². The Balaban J connectivity index is 1.64. The summed E-state index contributed by atoms with van der Waals surface area (Å²) in [7, 11) is 0. The Bertz CT molecular complexity index is 1690. The van der Waals surface area contributed by atoms with Crippen molar-refractivity contribution in [2.75, 3.05) is 47.8 Å². The Labute approximate surface area is 356 Å². The molecule has 1 heterocycles. The first-order chi connectivity index (χ1) is 27.8. The molecule has 316 valence electrons. The molecular formula is C39H53IN8O9S. The van der Waals surface area contributed by atoms with E-state index in [1.165, 1.54) is 33.4 Å². The van der Waals surface area contributed by atoms with Gasteiger partial charge in [-0.3, -0.25) is 33.6 Å². The van der Waals surface area contributed by atoms with Gasteiger partial charge in [-0.15, -0.1) is 0 Å². The predicted molar refractivity (Wildman–Crippen MR) is 227 cm³/mol. The molecule has 2 atom stereocenters. The van der Waals surface area contributed by atoms with Gasteiger partial charge in [-0.05, 0) is 42.5 Å². The molecule has 0 bridgehead atoms. The van der Waals surface area contributed by atoms with E-state index in [9.17, 15) is 38.4 Å². The molecule has 0 spiro atoms. The Morgan fingerprint density at radius 3 is 2.00 bits per heavy atom. The molecule has 0 unspecified atom stereocenters. The molecule has 8 amide bonds. The van der Waals surface area contributed by atoms with E-state index in [2.05, 4.69) is 43.9 Å². The van der Waals surface area contributed by atoms with Crippen LogP contribution in [0.2, 0.25) is 0 Å². The van der Waals surface area contributed by atoms with Gasteiger partial charge in [-0.1, -0.05) is 72.0 Å². The van der Waals surface area contributed by atoms with Gasteiger partial charge in [0.25, 0.3) is 0 Å². The molecule has 17 nitrogen and oxygen atoms in total. The van der Waals surface area contributed by atoms with Gasteiger partial charge < -0.3 is 46.4 Å². The van der Waals surface area contributed by atoms with Crippen LogP contribution in [0.1, 0.15) is 63.5 Å². The average Bonchev–Trinajstić information content (AvgIpc) is 3.20. The van der Waals surface area contributed by atoms with Crippen molar-refractivity contribution in [3.63, 3.8) is 0 Å². The summed E-state index contributed by atoms with van der Waals surface area (Å²) in [5, 5.41) is 10.8. The van der Waals surface area contributed by atoms with E-state index >= 15 is 0 Å². The molecule has 2 aromatic rings. The molecular weight excluding hydrogens is 883 g/mol. The first kappa shape index (κ1) is 47.5. The second-order valence-electron chi connectivity index (χ2n) is 13.5. The number of thioether (sulfide) groups is 1. The Kier molecular flexibility index (Phi) is 20.8. The van der Waals surface area contributed by atoms with Crippen molar-refractivity contribution in [3.8, 4) is 0 Å². The monoisotopic (exact) mass is 936 g/mol. The fourth-order valence-electron chi connectivity index (χ4n) is 5.77. The number of nitrogens with one attached hydrogen (secondary N) is 4. The molecule has 1 saturated heterocycles. The zero-order valence-corrected chi connectivity index (χ0v) is 35.8. The number of esters is 1. The van der Waals surface area contributed by atoms with Crippen molar-refractivity contribution in [3.05, 3.63) is 65.7 Å². The van der Waals surface area contributed by atoms with Gasteiger partial charge in [0.2, 0.25) is 35.4 Å². The highest BCUT2D eigenvalue weighted by atomic mass is 127. The summed E-state index contributed by atoms with van der Waals surface area (Å²) in [6.07, 6.45) is 1.85. The largest absolute Gasteiger partial charge is 0.461 e. The summed E-state index contributed by atoms with van der Waals surface area (Å²) in [5.41, 5.74) is 7.09. The summed E-state index contributed by atoms with van der Waals surface area (Å²) in [6.45, 7) is 3.72. The van der Waals surface area contributed by atoms with Crippen LogP contribution in [-0.4, -0.2) is 117 Å². The molecule has 19 heteroatoms. The fourth-order valence-corrected chi connectivity index (χ4v) is 6.97. The highest BCUT2D eigenvalue weighted by molar-refractivity contribution is 14.1. The lowest BCUT2D eigenvalue weighted by Crippen LogP contribution is -2.59. The van der Waals surface area contributed by atoms with E-state index in [0.717, 1.165) is 5.56 Å². The zero-order valence-electron chi connectivity index (χ0n) is 32.8. The topological polar surface area (TPSA) is 230 Å². The number of carbonyl (C=O) groups is 8. The molecule has 0 aliphatic carbocycles. The van der Waals surface area contributed by atoms with Gasteiger partial charge >= 0.3 is 12.0 Å². The molecule has 1 aliphatic rings. The molecule has 58 heavy (non-hydrogen) atoms. The maximum atomic E-state index is 13.8. The van der Waals surface area contributed by atoms with Gasteiger partial charge in [0.1, 0.15) is 18.7 Å². The molecule has 1 aliphatic heterocycles. The number of urea groups is 1. The van der Waals surface area contributed by atoms with E-state index in [-0.39, 0.29) is 81.6 Å². The van der Waals surface area contributed by atoms with E-state index in [1.807, 2.05) is 25.1 Å². The smallest absolute Gasteiger partial charge is 0.312 e. The summed E-state index contributed by atoms with van der Waals surface area (Å²) >= 11 is 3.31. The van der Waals surface area contributed by atoms with E-state index in [4.69, 9.17) is 10.5 Å². The first-order valence-corrected chi connectivity index (χ1v) is 21.6. The Morgan fingerprint density at radius 2 is 1.41 bits per heavy atom. The third-order valence-electron chi connectivity index (χ3n) is 8.75. The maximum absolute atomic E-state index is 13.8. The number of amides is 8. The van der Waals surface area contributed by atoms with Crippen molar-refractivity contribution >= 4 is 87.5 Å². The molecule has 1 fully saturated rings. The zero-order chi connectivity index (χ0) is 42.5. The van der Waals surface area contributed by atoms with Gasteiger partial charge in [0, 0.05) is 55.0 Å². The van der Waals surface area contributed by atoms with Crippen molar-refractivity contribution in [1.29, 1.82) is 0 Å². The first-order valence-electron chi connectivity index (χ1n) is 19.0. The third-order valence-corrected chi connectivity index (χ3v) is 10.2. The highest BCUT2D eigenvalue weighted by Gasteiger charge is 2.31. The minimum Gasteiger partial charge on any atom is -0.461 e. The summed E-state index contributed by atoms with van der Waals surface area (Å²) in [5.74, 6) is -2.35. The highest BCUT2D eigenvalue weighted by Crippen LogP contribution is 2.16. The minimum absolute atomic E-state index is 0.0618. The number of ether oxygens (including phenoxy) is 1. The predicted octanol–water partition coefficient (Wildman–Crippen LogP) is 2.47. The lowest BCUT2D eigenvalue weighted by atomic mass is 10.0. The number of hydrogen-bond acceptors (Lipinski definition) is 10. The molecule has 0 aromatic heterocycles. The summed E-state index contributed by atoms with van der Waals surface area (Å²) in [4.78, 5) is 106. The van der Waals surface area contributed by atoms with E-state index in [0.29, 0.717) is 41.4 Å². The van der Waals surface area contributed by atoms with Crippen molar-refractivity contribution in [2.45, 2.75) is 77.5 Å². The fraction of sp³-hybridized carbons (Fsp3) is 0.487. The molecule has 0 radical (unpaired) electrons. The van der Waals surface area contributed by atoms with Crippen LogP contribution in [-0.2, 0) is 51.3 Å². The number of nitrogens with two attached hydrogens (primary N) is 1. The molecule has 0 saturated carbocycles. The van der Waals surface area contributed by atoms with Gasteiger partial charge in [0.15, 0.2) is 0 Å². The van der Waals surface area contributed by atoms with Gasteiger partial charge in [-0.25, -0.2) is 4.79 Å². The number of primary amides is 1. The average molecular weight is 937 g/mol. The van der Waals surface area contributed by atoms with Crippen LogP contribution in [0.5, 0.6) is 0 Å². The van der Waals surface area contributed by atoms with Crippen LogP contribution in [0.25, 0.3) is 0 Å². The number of hydrogen-bond donors (Lipinski definition) is 5. The van der Waals surface area contributed by atoms with Crippen LogP contribution >= 0.6 is 34.4 Å². The SMILES string of the molecule is CCCC(=O)N1CN(C(=O)CCI)CN(C(=O)CCSCC(=O)N[C@H](Cc2ccccc2)C(=O)N[C@@H](CCCNC(N)=O)C(=O)Nc2ccc(COC(C)=O)cc2)C1. The second-order valence-corrected chi connectivity index (χ2v) is 15.7. The van der Waals surface area contributed by atoms with Crippen LogP contribution in [0, 0.1) is 0 Å². The number of rotatable bonds is 22. The molecule has 6 N–H and O–H groups in total. The third kappa shape index (κ3) is 17.3. The maximum Gasteiger partial charge on any atom is 0.312 e. The Hall–Kier alpha value is -4.92. The van der Waals surface area contributed by atoms with Gasteiger partial charge in [-0.2, -0.15) is 11.8 Å². The minimum atomic E-state index is -1.07. The standard InChI is InChI=1S/C39H53IN8O9S/c1-3-8-34(51)46-24-47(35(52)16-18-40)26-48(25-46)36(53)17-20-58-23-33(50)44-32(21-28-9-5-4-6-10-28)38(55)45-31(11-7-19-42-39(41)56)37(54)43-30-14-12-29(13-15-30)22-57-27(2)49/h4-6,9-10,12-15,31-32H,3,7-8,11,16-26H2,1-2H3,(H,43,54)(H,44,50)(H,45,55)(H3,41,42,56)/t31-,32+/m0/s1.